The predicted octanol–water partition coefficient (Wildman–Crippen LogP) is 2.82. The number of fused-ring (bicyclic) bond motifs is 4. The van der Waals surface area contributed by atoms with Crippen LogP contribution in [0.5, 0.6) is 0 Å². The van der Waals surface area contributed by atoms with Crippen molar-refractivity contribution in [2.24, 2.45) is 13.0 Å². The summed E-state index contributed by atoms with van der Waals surface area (Å²) in [6, 6.07) is 11.6. The largest absolute Gasteiger partial charge is 0.297 e. The van der Waals surface area contributed by atoms with Crippen LogP contribution in [0.15, 0.2) is 36.5 Å². The van der Waals surface area contributed by atoms with Gasteiger partial charge in [-0.3, -0.25) is 14.5 Å². The standard InChI is InChI=1S/C20H28N4/c1-16-19(10-21-22(16)2)14-23-11-18-8-9-20(15-23)24(13-18)12-17-6-4-3-5-7-17/h3-7,10,18,20H,8-9,11-15H2,1-2H3/t18-,20+/m0/s1. The Labute approximate surface area is 145 Å². The lowest BCUT2D eigenvalue weighted by Crippen LogP contribution is -2.43. The molecule has 3 aliphatic heterocycles. The summed E-state index contributed by atoms with van der Waals surface area (Å²) in [5.41, 5.74) is 4.13. The van der Waals surface area contributed by atoms with Crippen LogP contribution < -0.4 is 0 Å². The molecule has 0 aliphatic carbocycles. The maximum Gasteiger partial charge on any atom is 0.0537 e. The Morgan fingerprint density at radius 3 is 2.62 bits per heavy atom. The van der Waals surface area contributed by atoms with E-state index in [1.54, 1.807) is 0 Å². The van der Waals surface area contributed by atoms with Crippen LogP contribution in [0.25, 0.3) is 0 Å². The van der Waals surface area contributed by atoms with E-state index >= 15 is 0 Å². The molecule has 0 radical (unpaired) electrons. The molecule has 1 aromatic carbocycles. The predicted molar refractivity (Wildman–Crippen MR) is 96.6 cm³/mol. The maximum absolute atomic E-state index is 4.41. The third-order valence-corrected chi connectivity index (χ3v) is 5.86. The summed E-state index contributed by atoms with van der Waals surface area (Å²) >= 11 is 0. The topological polar surface area (TPSA) is 24.3 Å². The number of aryl methyl sites for hydroxylation is 1. The monoisotopic (exact) mass is 324 g/mol. The van der Waals surface area contributed by atoms with E-state index in [0.29, 0.717) is 6.04 Å². The number of piperidine rings is 1. The molecule has 3 aliphatic rings. The lowest BCUT2D eigenvalue weighted by molar-refractivity contribution is 0.123. The van der Waals surface area contributed by atoms with Crippen LogP contribution in [0.2, 0.25) is 0 Å². The van der Waals surface area contributed by atoms with Crippen molar-refractivity contribution in [3.8, 4) is 0 Å². The highest BCUT2D eigenvalue weighted by atomic mass is 15.3. The molecule has 24 heavy (non-hydrogen) atoms. The molecule has 4 heterocycles. The zero-order valence-corrected chi connectivity index (χ0v) is 14.9. The van der Waals surface area contributed by atoms with Gasteiger partial charge >= 0.3 is 0 Å². The van der Waals surface area contributed by atoms with E-state index in [1.165, 1.54) is 49.3 Å². The minimum absolute atomic E-state index is 0.695. The molecule has 3 fully saturated rings. The fraction of sp³-hybridized carbons (Fsp3) is 0.550. The van der Waals surface area contributed by atoms with Gasteiger partial charge in [0, 0.05) is 57.1 Å². The van der Waals surface area contributed by atoms with E-state index in [1.807, 2.05) is 17.9 Å². The first kappa shape index (κ1) is 15.9. The molecule has 0 N–H and O–H groups in total. The molecule has 2 aromatic rings. The summed E-state index contributed by atoms with van der Waals surface area (Å²) in [6.45, 7) is 8.00. The second-order valence-electron chi connectivity index (χ2n) is 7.59. The van der Waals surface area contributed by atoms with Crippen LogP contribution in [0, 0.1) is 12.8 Å². The summed E-state index contributed by atoms with van der Waals surface area (Å²) in [4.78, 5) is 5.39. The molecule has 4 nitrogen and oxygen atoms in total. The first-order chi connectivity index (χ1) is 11.7. The third-order valence-electron chi connectivity index (χ3n) is 5.86. The number of rotatable bonds is 4. The van der Waals surface area contributed by atoms with Crippen molar-refractivity contribution in [1.29, 1.82) is 0 Å². The van der Waals surface area contributed by atoms with Crippen LogP contribution in [-0.4, -0.2) is 45.3 Å². The van der Waals surface area contributed by atoms with Crippen LogP contribution in [-0.2, 0) is 20.1 Å². The smallest absolute Gasteiger partial charge is 0.0537 e. The Balaban J connectivity index is 1.45. The van der Waals surface area contributed by atoms with Crippen molar-refractivity contribution in [3.05, 3.63) is 53.3 Å². The van der Waals surface area contributed by atoms with Gasteiger partial charge in [-0.2, -0.15) is 5.10 Å². The third kappa shape index (κ3) is 3.26. The van der Waals surface area contributed by atoms with E-state index in [-0.39, 0.29) is 0 Å². The fourth-order valence-corrected chi connectivity index (χ4v) is 4.36. The average molecular weight is 324 g/mol. The summed E-state index contributed by atoms with van der Waals surface area (Å²) < 4.78 is 1.99. The highest BCUT2D eigenvalue weighted by Crippen LogP contribution is 2.30. The van der Waals surface area contributed by atoms with Gasteiger partial charge in [0.05, 0.1) is 6.20 Å². The fourth-order valence-electron chi connectivity index (χ4n) is 4.36. The Bertz CT molecular complexity index is 678. The Hall–Kier alpha value is -1.65. The molecule has 1 aromatic heterocycles. The van der Waals surface area contributed by atoms with Gasteiger partial charge in [-0.05, 0) is 31.2 Å². The maximum atomic E-state index is 4.41. The lowest BCUT2D eigenvalue weighted by atomic mass is 9.94. The zero-order valence-electron chi connectivity index (χ0n) is 14.9. The van der Waals surface area contributed by atoms with Gasteiger partial charge in [0.15, 0.2) is 0 Å². The molecule has 0 spiro atoms. The highest BCUT2D eigenvalue weighted by Gasteiger charge is 2.34. The van der Waals surface area contributed by atoms with Gasteiger partial charge < -0.3 is 0 Å². The van der Waals surface area contributed by atoms with E-state index in [4.69, 9.17) is 0 Å². The quantitative estimate of drug-likeness (QED) is 0.864. The first-order valence-corrected chi connectivity index (χ1v) is 9.17. The Morgan fingerprint density at radius 1 is 1.04 bits per heavy atom. The second-order valence-corrected chi connectivity index (χ2v) is 7.59. The minimum atomic E-state index is 0.695. The van der Waals surface area contributed by atoms with Crippen LogP contribution in [0.3, 0.4) is 0 Å². The van der Waals surface area contributed by atoms with Crippen LogP contribution >= 0.6 is 0 Å². The van der Waals surface area contributed by atoms with Gasteiger partial charge in [-0.1, -0.05) is 30.3 Å². The lowest BCUT2D eigenvalue weighted by Gasteiger charge is -2.36. The van der Waals surface area contributed by atoms with Crippen molar-refractivity contribution < 1.29 is 0 Å². The Kier molecular flexibility index (Phi) is 4.42. The molecular formula is C20H28N4. The number of benzene rings is 1. The number of hydrogen-bond donors (Lipinski definition) is 0. The molecule has 0 saturated carbocycles. The highest BCUT2D eigenvalue weighted by molar-refractivity contribution is 5.17. The molecule has 0 amide bonds. The van der Waals surface area contributed by atoms with Gasteiger partial charge in [-0.15, -0.1) is 0 Å². The number of hydrogen-bond acceptors (Lipinski definition) is 3. The Morgan fingerprint density at radius 2 is 1.88 bits per heavy atom. The first-order valence-electron chi connectivity index (χ1n) is 9.17. The zero-order chi connectivity index (χ0) is 16.5. The van der Waals surface area contributed by atoms with Crippen molar-refractivity contribution in [2.75, 3.05) is 19.6 Å². The molecule has 2 atom stereocenters. The molecule has 5 rings (SSSR count). The van der Waals surface area contributed by atoms with Gasteiger partial charge in [0.2, 0.25) is 0 Å². The van der Waals surface area contributed by atoms with Crippen molar-refractivity contribution >= 4 is 0 Å². The van der Waals surface area contributed by atoms with Crippen LogP contribution in [0.1, 0.15) is 29.7 Å². The van der Waals surface area contributed by atoms with Gasteiger partial charge in [-0.25, -0.2) is 0 Å². The molecule has 3 saturated heterocycles. The average Bonchev–Trinajstić information content (AvgIpc) is 2.77. The number of aromatic nitrogens is 2. The summed E-state index contributed by atoms with van der Waals surface area (Å²) in [5.74, 6) is 0.810. The van der Waals surface area contributed by atoms with E-state index < -0.39 is 0 Å². The second kappa shape index (κ2) is 6.69. The molecule has 128 valence electrons. The summed E-state index contributed by atoms with van der Waals surface area (Å²) in [7, 11) is 2.03. The molecule has 0 unspecified atom stereocenters. The van der Waals surface area contributed by atoms with Crippen molar-refractivity contribution in [3.63, 3.8) is 0 Å². The number of nitrogens with zero attached hydrogens (tertiary/aromatic N) is 4. The normalized spacial score (nSPS) is 25.1. The van der Waals surface area contributed by atoms with E-state index in [0.717, 1.165) is 19.0 Å². The SMILES string of the molecule is Cc1c(CN2C[C@@H]3CC[C@H](C2)N(Cc2ccccc2)C3)cnn1C. The van der Waals surface area contributed by atoms with E-state index in [2.05, 4.69) is 52.2 Å². The van der Waals surface area contributed by atoms with Crippen molar-refractivity contribution in [2.45, 2.75) is 38.9 Å². The summed E-state index contributed by atoms with van der Waals surface area (Å²) in [6.07, 6.45) is 4.78. The molecular weight excluding hydrogens is 296 g/mol. The molecule has 4 heteroatoms. The van der Waals surface area contributed by atoms with Gasteiger partial charge in [0.25, 0.3) is 0 Å². The molecule has 2 bridgehead atoms. The summed E-state index contributed by atoms with van der Waals surface area (Å²) in [5, 5.41) is 4.41. The van der Waals surface area contributed by atoms with Gasteiger partial charge in [0.1, 0.15) is 0 Å². The minimum Gasteiger partial charge on any atom is -0.297 e. The van der Waals surface area contributed by atoms with Crippen molar-refractivity contribution in [1.82, 2.24) is 19.6 Å². The van der Waals surface area contributed by atoms with E-state index in [9.17, 15) is 0 Å². The van der Waals surface area contributed by atoms with Crippen LogP contribution in [0.4, 0.5) is 0 Å².